The number of aromatic amines is 2. The number of rotatable bonds is 5. The molecule has 0 bridgehead atoms. The minimum atomic E-state index is 0.856. The molecule has 86 valence electrons. The Hall–Kier alpha value is -1.62. The van der Waals surface area contributed by atoms with Gasteiger partial charge in [-0.3, -0.25) is 5.10 Å². The first kappa shape index (κ1) is 10.9. The van der Waals surface area contributed by atoms with E-state index in [2.05, 4.69) is 25.5 Å². The average Bonchev–Trinajstić information content (AvgIpc) is 2.87. The summed E-state index contributed by atoms with van der Waals surface area (Å²) in [6, 6.07) is 0. The van der Waals surface area contributed by atoms with Crippen LogP contribution in [-0.4, -0.2) is 26.7 Å². The minimum absolute atomic E-state index is 0.856. The third kappa shape index (κ3) is 2.49. The zero-order valence-electron chi connectivity index (χ0n) is 9.67. The predicted molar refractivity (Wildman–Crippen MR) is 62.1 cm³/mol. The summed E-state index contributed by atoms with van der Waals surface area (Å²) in [5, 5.41) is 10.5. The molecule has 0 aliphatic carbocycles. The van der Waals surface area contributed by atoms with Crippen molar-refractivity contribution in [2.24, 2.45) is 0 Å². The number of nitrogens with zero attached hydrogens (tertiary/aromatic N) is 2. The molecular weight excluding hydrogens is 202 g/mol. The van der Waals surface area contributed by atoms with Gasteiger partial charge in [0.25, 0.3) is 0 Å². The van der Waals surface area contributed by atoms with Crippen LogP contribution in [0.15, 0.2) is 12.4 Å². The maximum atomic E-state index is 4.17. The van der Waals surface area contributed by atoms with Crippen LogP contribution >= 0.6 is 0 Å². The number of imidazole rings is 1. The Morgan fingerprint density at radius 3 is 2.88 bits per heavy atom. The smallest absolute Gasteiger partial charge is 0.107 e. The highest BCUT2D eigenvalue weighted by Gasteiger charge is 2.04. The van der Waals surface area contributed by atoms with E-state index in [9.17, 15) is 0 Å². The molecule has 0 atom stereocenters. The summed E-state index contributed by atoms with van der Waals surface area (Å²) in [6.07, 6.45) is 4.54. The zero-order chi connectivity index (χ0) is 11.4. The lowest BCUT2D eigenvalue weighted by molar-refractivity contribution is 0.670. The van der Waals surface area contributed by atoms with Crippen LogP contribution in [0.5, 0.6) is 0 Å². The second-order valence-corrected chi connectivity index (χ2v) is 3.88. The highest BCUT2D eigenvalue weighted by atomic mass is 15.1. The molecular formula is C11H17N5. The fourth-order valence-corrected chi connectivity index (χ4v) is 1.69. The summed E-state index contributed by atoms with van der Waals surface area (Å²) in [5.74, 6) is 1.02. The molecule has 0 saturated carbocycles. The van der Waals surface area contributed by atoms with Gasteiger partial charge in [-0.1, -0.05) is 0 Å². The summed E-state index contributed by atoms with van der Waals surface area (Å²) in [4.78, 5) is 7.26. The molecule has 0 radical (unpaired) electrons. The molecule has 0 saturated heterocycles. The Bertz CT molecular complexity index is 410. The number of aryl methyl sites for hydroxylation is 2. The summed E-state index contributed by atoms with van der Waals surface area (Å²) in [7, 11) is 0. The first-order valence-electron chi connectivity index (χ1n) is 5.47. The van der Waals surface area contributed by atoms with Crippen molar-refractivity contribution in [3.8, 4) is 0 Å². The van der Waals surface area contributed by atoms with E-state index in [0.29, 0.717) is 0 Å². The van der Waals surface area contributed by atoms with E-state index >= 15 is 0 Å². The fourth-order valence-electron chi connectivity index (χ4n) is 1.69. The van der Waals surface area contributed by atoms with Crippen molar-refractivity contribution in [3.63, 3.8) is 0 Å². The van der Waals surface area contributed by atoms with Crippen LogP contribution in [0.25, 0.3) is 0 Å². The average molecular weight is 219 g/mol. The molecule has 0 fully saturated rings. The minimum Gasteiger partial charge on any atom is -0.349 e. The van der Waals surface area contributed by atoms with E-state index in [1.807, 2.05) is 20.0 Å². The molecule has 0 aliphatic rings. The SMILES string of the molecule is Cc1n[nH]c(C)c1CNCCc1ncc[nH]1. The monoisotopic (exact) mass is 219 g/mol. The number of hydrogen-bond donors (Lipinski definition) is 3. The van der Waals surface area contributed by atoms with Crippen LogP contribution in [0.2, 0.25) is 0 Å². The third-order valence-corrected chi connectivity index (χ3v) is 2.68. The predicted octanol–water partition coefficient (Wildman–Crippen LogP) is 1.08. The van der Waals surface area contributed by atoms with Crippen molar-refractivity contribution in [1.29, 1.82) is 0 Å². The second kappa shape index (κ2) is 4.94. The van der Waals surface area contributed by atoms with Crippen LogP contribution < -0.4 is 5.32 Å². The van der Waals surface area contributed by atoms with Gasteiger partial charge in [0.05, 0.1) is 5.69 Å². The number of aromatic nitrogens is 4. The molecule has 2 heterocycles. The number of hydrogen-bond acceptors (Lipinski definition) is 3. The number of nitrogens with one attached hydrogen (secondary N) is 3. The molecule has 0 amide bonds. The molecule has 16 heavy (non-hydrogen) atoms. The standard InChI is InChI=1S/C11H17N5/c1-8-10(9(2)16-15-8)7-12-4-3-11-13-5-6-14-11/h5-6,12H,3-4,7H2,1-2H3,(H,13,14)(H,15,16). The van der Waals surface area contributed by atoms with Gasteiger partial charge >= 0.3 is 0 Å². The Morgan fingerprint density at radius 2 is 2.25 bits per heavy atom. The highest BCUT2D eigenvalue weighted by molar-refractivity contribution is 5.22. The molecule has 0 unspecified atom stereocenters. The molecule has 2 aromatic heterocycles. The lowest BCUT2D eigenvalue weighted by atomic mass is 10.2. The molecule has 5 heteroatoms. The first-order valence-corrected chi connectivity index (χ1v) is 5.47. The summed E-state index contributed by atoms with van der Waals surface area (Å²) < 4.78 is 0. The van der Waals surface area contributed by atoms with E-state index in [1.165, 1.54) is 5.56 Å². The van der Waals surface area contributed by atoms with Gasteiger partial charge in [0.1, 0.15) is 5.82 Å². The van der Waals surface area contributed by atoms with Gasteiger partial charge in [-0.15, -0.1) is 0 Å². The van der Waals surface area contributed by atoms with Crippen molar-refractivity contribution < 1.29 is 0 Å². The summed E-state index contributed by atoms with van der Waals surface area (Å²) in [5.41, 5.74) is 3.48. The van der Waals surface area contributed by atoms with Crippen LogP contribution in [0, 0.1) is 13.8 Å². The maximum absolute atomic E-state index is 4.17. The Kier molecular flexibility index (Phi) is 3.36. The van der Waals surface area contributed by atoms with Crippen molar-refractivity contribution in [2.75, 3.05) is 6.54 Å². The van der Waals surface area contributed by atoms with Crippen molar-refractivity contribution >= 4 is 0 Å². The number of H-pyrrole nitrogens is 2. The van der Waals surface area contributed by atoms with Crippen LogP contribution in [0.3, 0.4) is 0 Å². The van der Waals surface area contributed by atoms with Crippen molar-refractivity contribution in [2.45, 2.75) is 26.8 Å². The lowest BCUT2D eigenvalue weighted by Gasteiger charge is -2.03. The molecule has 5 nitrogen and oxygen atoms in total. The first-order chi connectivity index (χ1) is 7.77. The van der Waals surface area contributed by atoms with Gasteiger partial charge in [0, 0.05) is 43.2 Å². The zero-order valence-corrected chi connectivity index (χ0v) is 9.67. The van der Waals surface area contributed by atoms with E-state index in [0.717, 1.165) is 36.7 Å². The summed E-state index contributed by atoms with van der Waals surface area (Å²) in [6.45, 7) is 5.84. The van der Waals surface area contributed by atoms with Gasteiger partial charge in [0.15, 0.2) is 0 Å². The van der Waals surface area contributed by atoms with Crippen molar-refractivity contribution in [3.05, 3.63) is 35.2 Å². The van der Waals surface area contributed by atoms with Crippen LogP contribution in [0.4, 0.5) is 0 Å². The van der Waals surface area contributed by atoms with Crippen LogP contribution in [0.1, 0.15) is 22.8 Å². The van der Waals surface area contributed by atoms with Gasteiger partial charge in [-0.25, -0.2) is 4.98 Å². The lowest BCUT2D eigenvalue weighted by Crippen LogP contribution is -2.17. The molecule has 0 aromatic carbocycles. The van der Waals surface area contributed by atoms with Gasteiger partial charge in [-0.2, -0.15) is 5.10 Å². The van der Waals surface area contributed by atoms with Crippen molar-refractivity contribution in [1.82, 2.24) is 25.5 Å². The van der Waals surface area contributed by atoms with Gasteiger partial charge in [-0.05, 0) is 13.8 Å². The van der Waals surface area contributed by atoms with E-state index < -0.39 is 0 Å². The quantitative estimate of drug-likeness (QED) is 0.659. The van der Waals surface area contributed by atoms with E-state index in [4.69, 9.17) is 0 Å². The Balaban J connectivity index is 1.76. The topological polar surface area (TPSA) is 69.4 Å². The van der Waals surface area contributed by atoms with Gasteiger partial charge in [0.2, 0.25) is 0 Å². The second-order valence-electron chi connectivity index (χ2n) is 3.88. The maximum Gasteiger partial charge on any atom is 0.107 e. The largest absolute Gasteiger partial charge is 0.349 e. The van der Waals surface area contributed by atoms with Gasteiger partial charge < -0.3 is 10.3 Å². The molecule has 0 spiro atoms. The van der Waals surface area contributed by atoms with E-state index in [-0.39, 0.29) is 0 Å². The highest BCUT2D eigenvalue weighted by Crippen LogP contribution is 2.08. The normalized spacial score (nSPS) is 10.9. The molecule has 3 N–H and O–H groups in total. The molecule has 2 aromatic rings. The third-order valence-electron chi connectivity index (χ3n) is 2.68. The molecule has 0 aliphatic heterocycles. The summed E-state index contributed by atoms with van der Waals surface area (Å²) >= 11 is 0. The molecule has 2 rings (SSSR count). The Morgan fingerprint density at radius 1 is 1.38 bits per heavy atom. The van der Waals surface area contributed by atoms with Crippen LogP contribution in [-0.2, 0) is 13.0 Å². The Labute approximate surface area is 94.7 Å². The van der Waals surface area contributed by atoms with E-state index in [1.54, 1.807) is 6.20 Å². The fraction of sp³-hybridized carbons (Fsp3) is 0.455.